The molecule has 0 radical (unpaired) electrons. The molecule has 0 spiro atoms. The van der Waals surface area contributed by atoms with Crippen LogP contribution >= 0.6 is 0 Å². The predicted molar refractivity (Wildman–Crippen MR) is 102 cm³/mol. The highest BCUT2D eigenvalue weighted by atomic mass is 16.7. The Morgan fingerprint density at radius 1 is 0.760 bits per heavy atom. The number of anilines is 2. The lowest BCUT2D eigenvalue weighted by atomic mass is 9.95. The fourth-order valence-electron chi connectivity index (χ4n) is 2.72. The van der Waals surface area contributed by atoms with Crippen LogP contribution in [0.15, 0.2) is 48.5 Å². The molecule has 0 fully saturated rings. The van der Waals surface area contributed by atoms with Gasteiger partial charge in [0.25, 0.3) is 5.79 Å². The van der Waals surface area contributed by atoms with Gasteiger partial charge in [-0.05, 0) is 36.4 Å². The lowest BCUT2D eigenvalue weighted by Crippen LogP contribution is -2.40. The van der Waals surface area contributed by atoms with Crippen LogP contribution in [-0.4, -0.2) is 48.2 Å². The highest BCUT2D eigenvalue weighted by molar-refractivity contribution is 6.02. The summed E-state index contributed by atoms with van der Waals surface area (Å²) < 4.78 is 11.1. The third kappa shape index (κ3) is 3.67. The first kappa shape index (κ1) is 19.0. The Balaban J connectivity index is 2.42. The number of nitrogens with zero attached hydrogens (tertiary/aromatic N) is 2. The van der Waals surface area contributed by atoms with Crippen molar-refractivity contribution in [1.82, 2.24) is 0 Å². The largest absolute Gasteiger partial charge is 0.378 e. The van der Waals surface area contributed by atoms with E-state index in [1.165, 1.54) is 14.2 Å². The van der Waals surface area contributed by atoms with Crippen LogP contribution in [0, 0.1) is 0 Å². The number of methoxy groups -OCH3 is 2. The zero-order valence-electron chi connectivity index (χ0n) is 15.7. The Hall–Kier alpha value is -2.37. The van der Waals surface area contributed by atoms with E-state index in [9.17, 15) is 4.79 Å². The molecule has 5 nitrogen and oxygen atoms in total. The van der Waals surface area contributed by atoms with Gasteiger partial charge in [-0.25, -0.2) is 0 Å². The molecule has 0 heterocycles. The third-order valence-corrected chi connectivity index (χ3v) is 4.28. The molecule has 0 aliphatic carbocycles. The molecule has 25 heavy (non-hydrogen) atoms. The Morgan fingerprint density at radius 2 is 1.16 bits per heavy atom. The van der Waals surface area contributed by atoms with Gasteiger partial charge in [0.2, 0.25) is 5.78 Å². The summed E-state index contributed by atoms with van der Waals surface area (Å²) in [6.45, 7) is 0. The van der Waals surface area contributed by atoms with E-state index in [1.54, 1.807) is 12.1 Å². The van der Waals surface area contributed by atoms with E-state index in [0.717, 1.165) is 11.4 Å². The first-order valence-electron chi connectivity index (χ1n) is 8.06. The first-order valence-corrected chi connectivity index (χ1v) is 8.06. The summed E-state index contributed by atoms with van der Waals surface area (Å²) in [4.78, 5) is 17.1. The summed E-state index contributed by atoms with van der Waals surface area (Å²) in [5.74, 6) is -1.70. The molecule has 0 aliphatic rings. The van der Waals surface area contributed by atoms with Gasteiger partial charge in [0.1, 0.15) is 0 Å². The Morgan fingerprint density at radius 3 is 1.52 bits per heavy atom. The van der Waals surface area contributed by atoms with E-state index in [1.807, 2.05) is 74.4 Å². The number of hydrogen-bond acceptors (Lipinski definition) is 5. The number of hydrogen-bond donors (Lipinski definition) is 0. The minimum absolute atomic E-state index is 0.236. The van der Waals surface area contributed by atoms with Gasteiger partial charge in [-0.1, -0.05) is 12.1 Å². The second kappa shape index (κ2) is 7.68. The van der Waals surface area contributed by atoms with Crippen molar-refractivity contribution >= 4 is 17.2 Å². The van der Waals surface area contributed by atoms with Crippen molar-refractivity contribution in [1.29, 1.82) is 0 Å². The number of Topliss-reactive ketones (excluding diaryl/α,β-unsaturated/α-hetero) is 1. The quantitative estimate of drug-likeness (QED) is 0.571. The molecule has 2 aromatic rings. The van der Waals surface area contributed by atoms with E-state index in [2.05, 4.69) is 0 Å². The average molecular weight is 342 g/mol. The number of rotatable bonds is 7. The van der Waals surface area contributed by atoms with Crippen molar-refractivity contribution in [2.24, 2.45) is 0 Å². The lowest BCUT2D eigenvalue weighted by Gasteiger charge is -2.30. The second-order valence-corrected chi connectivity index (χ2v) is 6.24. The number of carbonyl (C=O) groups is 1. The van der Waals surface area contributed by atoms with Crippen molar-refractivity contribution in [3.8, 4) is 0 Å². The average Bonchev–Trinajstić information content (AvgIpc) is 2.63. The number of carbonyl (C=O) groups excluding carboxylic acids is 1. The highest BCUT2D eigenvalue weighted by Gasteiger charge is 2.41. The molecule has 0 saturated carbocycles. The van der Waals surface area contributed by atoms with Gasteiger partial charge in [-0.3, -0.25) is 4.79 Å². The predicted octanol–water partition coefficient (Wildman–Crippen LogP) is 3.15. The van der Waals surface area contributed by atoms with Crippen molar-refractivity contribution in [3.05, 3.63) is 59.7 Å². The molecule has 134 valence electrons. The summed E-state index contributed by atoms with van der Waals surface area (Å²) in [6.07, 6.45) is 0. The molecule has 0 N–H and O–H groups in total. The summed E-state index contributed by atoms with van der Waals surface area (Å²) in [5.41, 5.74) is 3.25. The van der Waals surface area contributed by atoms with Gasteiger partial charge in [0.15, 0.2) is 0 Å². The van der Waals surface area contributed by atoms with Crippen LogP contribution in [-0.2, 0) is 15.3 Å². The molecular formula is C20H26N2O3. The van der Waals surface area contributed by atoms with Crippen LogP contribution in [0.1, 0.15) is 15.9 Å². The van der Waals surface area contributed by atoms with Gasteiger partial charge in [-0.15, -0.1) is 0 Å². The summed E-state index contributed by atoms with van der Waals surface area (Å²) in [7, 11) is 10.8. The maximum Gasteiger partial charge on any atom is 0.260 e. The summed E-state index contributed by atoms with van der Waals surface area (Å²) >= 11 is 0. The summed E-state index contributed by atoms with van der Waals surface area (Å²) in [6, 6.07) is 15.0. The normalized spacial score (nSPS) is 11.3. The molecule has 2 aromatic carbocycles. The van der Waals surface area contributed by atoms with Gasteiger partial charge in [0.05, 0.1) is 0 Å². The maximum atomic E-state index is 13.2. The van der Waals surface area contributed by atoms with Crippen molar-refractivity contribution < 1.29 is 14.3 Å². The molecule has 0 saturated heterocycles. The van der Waals surface area contributed by atoms with E-state index in [-0.39, 0.29) is 5.78 Å². The highest BCUT2D eigenvalue weighted by Crippen LogP contribution is 2.32. The monoisotopic (exact) mass is 342 g/mol. The van der Waals surface area contributed by atoms with Crippen LogP contribution in [0.3, 0.4) is 0 Å². The summed E-state index contributed by atoms with van der Waals surface area (Å²) in [5, 5.41) is 0. The number of ketones is 1. The van der Waals surface area contributed by atoms with Gasteiger partial charge in [0, 0.05) is 64.9 Å². The number of ether oxygens (including phenoxy) is 2. The molecule has 0 aromatic heterocycles. The first-order chi connectivity index (χ1) is 11.9. The van der Waals surface area contributed by atoms with Crippen LogP contribution in [0.25, 0.3) is 0 Å². The molecule has 0 aliphatic heterocycles. The third-order valence-electron chi connectivity index (χ3n) is 4.28. The van der Waals surface area contributed by atoms with Crippen molar-refractivity contribution in [2.75, 3.05) is 52.2 Å². The Bertz CT molecular complexity index is 703. The molecule has 0 atom stereocenters. The van der Waals surface area contributed by atoms with Crippen LogP contribution in [0.4, 0.5) is 11.4 Å². The standard InChI is InChI=1S/C20H26N2O3/c1-21(2)17-11-7-15(8-12-17)19(23)20(24-5,25-6)16-9-13-18(14-10-16)22(3)4/h7-14H,1-6H3. The van der Waals surface area contributed by atoms with E-state index in [0.29, 0.717) is 11.1 Å². The second-order valence-electron chi connectivity index (χ2n) is 6.24. The maximum absolute atomic E-state index is 13.2. The topological polar surface area (TPSA) is 42.0 Å². The van der Waals surface area contributed by atoms with Crippen molar-refractivity contribution in [3.63, 3.8) is 0 Å². The molecule has 0 bridgehead atoms. The molecule has 0 amide bonds. The van der Waals surface area contributed by atoms with E-state index >= 15 is 0 Å². The van der Waals surface area contributed by atoms with Gasteiger partial charge in [-0.2, -0.15) is 0 Å². The SMILES string of the molecule is COC(OC)(C(=O)c1ccc(N(C)C)cc1)c1ccc(N(C)C)cc1. The molecule has 5 heteroatoms. The zero-order valence-corrected chi connectivity index (χ0v) is 15.7. The van der Waals surface area contributed by atoms with E-state index < -0.39 is 5.79 Å². The molecular weight excluding hydrogens is 316 g/mol. The Labute approximate surface area is 149 Å². The smallest absolute Gasteiger partial charge is 0.260 e. The number of benzene rings is 2. The minimum Gasteiger partial charge on any atom is -0.378 e. The van der Waals surface area contributed by atoms with Gasteiger partial charge >= 0.3 is 0 Å². The van der Waals surface area contributed by atoms with Crippen LogP contribution < -0.4 is 9.80 Å². The van der Waals surface area contributed by atoms with Crippen molar-refractivity contribution in [2.45, 2.75) is 5.79 Å². The van der Waals surface area contributed by atoms with E-state index in [4.69, 9.17) is 9.47 Å². The Kier molecular flexibility index (Phi) is 5.82. The lowest BCUT2D eigenvalue weighted by molar-refractivity contribution is -0.176. The van der Waals surface area contributed by atoms with Crippen LogP contribution in [0.5, 0.6) is 0 Å². The van der Waals surface area contributed by atoms with Crippen LogP contribution in [0.2, 0.25) is 0 Å². The fourth-order valence-corrected chi connectivity index (χ4v) is 2.72. The fraction of sp³-hybridized carbons (Fsp3) is 0.350. The zero-order chi connectivity index (χ0) is 18.6. The molecule has 2 rings (SSSR count). The van der Waals surface area contributed by atoms with Gasteiger partial charge < -0.3 is 19.3 Å². The minimum atomic E-state index is -1.47. The molecule has 0 unspecified atom stereocenters.